The van der Waals surface area contributed by atoms with Crippen molar-refractivity contribution in [2.24, 2.45) is 0 Å². The molecule has 0 aliphatic carbocycles. The first-order valence-electron chi connectivity index (χ1n) is 5.78. The van der Waals surface area contributed by atoms with Crippen LogP contribution >= 0.6 is 0 Å². The Hall–Kier alpha value is -2.44. The highest BCUT2D eigenvalue weighted by atomic mass is 19.1. The molecule has 0 aliphatic heterocycles. The van der Waals surface area contributed by atoms with Gasteiger partial charge in [-0.05, 0) is 18.6 Å². The fourth-order valence-electron chi connectivity index (χ4n) is 1.63. The van der Waals surface area contributed by atoms with Crippen LogP contribution in [0.5, 0.6) is 5.75 Å². The number of amides is 1. The summed E-state index contributed by atoms with van der Waals surface area (Å²) in [5.41, 5.74) is -0.331. The van der Waals surface area contributed by atoms with E-state index in [2.05, 4.69) is 20.5 Å². The average molecular weight is 264 g/mol. The summed E-state index contributed by atoms with van der Waals surface area (Å²) < 4.78 is 13.4. The zero-order valence-electron chi connectivity index (χ0n) is 10.1. The first kappa shape index (κ1) is 13.0. The molecule has 1 amide bonds. The number of halogens is 1. The molecule has 0 aliphatic rings. The maximum absolute atomic E-state index is 13.4. The van der Waals surface area contributed by atoms with E-state index in [1.807, 2.05) is 0 Å². The molecule has 6 nitrogen and oxygen atoms in total. The monoisotopic (exact) mass is 264 g/mol. The van der Waals surface area contributed by atoms with E-state index in [0.29, 0.717) is 19.4 Å². The van der Waals surface area contributed by atoms with Crippen LogP contribution in [-0.2, 0) is 6.42 Å². The molecule has 3 N–H and O–H groups in total. The van der Waals surface area contributed by atoms with Gasteiger partial charge >= 0.3 is 0 Å². The summed E-state index contributed by atoms with van der Waals surface area (Å²) in [5.74, 6) is -1.02. The van der Waals surface area contributed by atoms with Gasteiger partial charge in [0.1, 0.15) is 29.3 Å². The molecule has 0 spiro atoms. The Bertz CT molecular complexity index is 537. The number of aromatic amines is 1. The van der Waals surface area contributed by atoms with Crippen molar-refractivity contribution in [3.8, 4) is 5.75 Å². The van der Waals surface area contributed by atoms with E-state index in [1.165, 1.54) is 18.5 Å². The molecule has 1 aromatic heterocycles. The molecule has 0 fully saturated rings. The number of rotatable bonds is 5. The van der Waals surface area contributed by atoms with Crippen molar-refractivity contribution in [3.63, 3.8) is 0 Å². The zero-order valence-corrected chi connectivity index (χ0v) is 10.1. The van der Waals surface area contributed by atoms with Crippen molar-refractivity contribution in [2.75, 3.05) is 6.54 Å². The molecular formula is C12H13FN4O2. The molecular weight excluding hydrogens is 251 g/mol. The second kappa shape index (κ2) is 5.94. The van der Waals surface area contributed by atoms with Gasteiger partial charge in [0.05, 0.1) is 0 Å². The smallest absolute Gasteiger partial charge is 0.258 e. The summed E-state index contributed by atoms with van der Waals surface area (Å²) in [6.07, 6.45) is 2.67. The molecule has 1 aromatic carbocycles. The molecule has 7 heteroatoms. The number of nitrogens with zero attached hydrogens (tertiary/aromatic N) is 2. The summed E-state index contributed by atoms with van der Waals surface area (Å²) in [4.78, 5) is 15.6. The zero-order chi connectivity index (χ0) is 13.7. The topological polar surface area (TPSA) is 90.9 Å². The Labute approximate surface area is 108 Å². The van der Waals surface area contributed by atoms with Gasteiger partial charge in [-0.1, -0.05) is 6.07 Å². The van der Waals surface area contributed by atoms with Crippen LogP contribution in [0.2, 0.25) is 0 Å². The third kappa shape index (κ3) is 3.27. The van der Waals surface area contributed by atoms with Crippen molar-refractivity contribution in [1.29, 1.82) is 0 Å². The van der Waals surface area contributed by atoms with Crippen molar-refractivity contribution < 1.29 is 14.3 Å². The van der Waals surface area contributed by atoms with Gasteiger partial charge < -0.3 is 10.4 Å². The lowest BCUT2D eigenvalue weighted by molar-refractivity contribution is 0.0946. The van der Waals surface area contributed by atoms with E-state index in [4.69, 9.17) is 0 Å². The van der Waals surface area contributed by atoms with Crippen LogP contribution in [0.4, 0.5) is 4.39 Å². The molecule has 0 saturated carbocycles. The Morgan fingerprint density at radius 1 is 1.47 bits per heavy atom. The van der Waals surface area contributed by atoms with Crippen molar-refractivity contribution in [3.05, 3.63) is 41.7 Å². The minimum absolute atomic E-state index is 0.331. The third-order valence-electron chi connectivity index (χ3n) is 2.56. The fraction of sp³-hybridized carbons (Fsp3) is 0.250. The number of phenols is 1. The van der Waals surface area contributed by atoms with E-state index < -0.39 is 11.7 Å². The number of aromatic hydroxyl groups is 1. The van der Waals surface area contributed by atoms with Crippen molar-refractivity contribution >= 4 is 5.91 Å². The highest BCUT2D eigenvalue weighted by molar-refractivity contribution is 5.97. The number of carbonyl (C=O) groups is 1. The molecule has 100 valence electrons. The van der Waals surface area contributed by atoms with Crippen LogP contribution in [0.15, 0.2) is 24.5 Å². The largest absolute Gasteiger partial charge is 0.507 e. The van der Waals surface area contributed by atoms with Gasteiger partial charge in [-0.25, -0.2) is 9.37 Å². The summed E-state index contributed by atoms with van der Waals surface area (Å²) in [5, 5.41) is 18.4. The highest BCUT2D eigenvalue weighted by Crippen LogP contribution is 2.19. The van der Waals surface area contributed by atoms with E-state index >= 15 is 0 Å². The van der Waals surface area contributed by atoms with Gasteiger partial charge in [-0.15, -0.1) is 0 Å². The van der Waals surface area contributed by atoms with Crippen molar-refractivity contribution in [2.45, 2.75) is 12.8 Å². The molecule has 1 heterocycles. The molecule has 19 heavy (non-hydrogen) atoms. The SMILES string of the molecule is O=C(NCCCc1ncn[nH]1)c1c(O)cccc1F. The summed E-state index contributed by atoms with van der Waals surface area (Å²) in [7, 11) is 0. The summed E-state index contributed by atoms with van der Waals surface area (Å²) >= 11 is 0. The minimum atomic E-state index is -0.743. The number of aryl methyl sites for hydroxylation is 1. The highest BCUT2D eigenvalue weighted by Gasteiger charge is 2.15. The predicted octanol–water partition coefficient (Wildman–Crippen LogP) is 1.01. The Morgan fingerprint density at radius 2 is 2.32 bits per heavy atom. The second-order valence-corrected chi connectivity index (χ2v) is 3.93. The molecule has 2 rings (SSSR count). The normalized spacial score (nSPS) is 10.4. The van der Waals surface area contributed by atoms with Crippen LogP contribution in [-0.4, -0.2) is 32.7 Å². The number of benzene rings is 1. The van der Waals surface area contributed by atoms with Gasteiger partial charge in [-0.2, -0.15) is 5.10 Å². The molecule has 0 atom stereocenters. The number of aromatic nitrogens is 3. The standard InChI is InChI=1S/C12H13FN4O2/c13-8-3-1-4-9(18)11(8)12(19)14-6-2-5-10-15-7-16-17-10/h1,3-4,7,18H,2,5-6H2,(H,14,19)(H,15,16,17). The molecule has 0 unspecified atom stereocenters. The summed E-state index contributed by atoms with van der Waals surface area (Å²) in [6, 6.07) is 3.74. The van der Waals surface area contributed by atoms with Crippen LogP contribution in [0.1, 0.15) is 22.6 Å². The van der Waals surface area contributed by atoms with Gasteiger partial charge in [0, 0.05) is 13.0 Å². The lowest BCUT2D eigenvalue weighted by Gasteiger charge is -2.07. The van der Waals surface area contributed by atoms with E-state index in [1.54, 1.807) is 0 Å². The number of hydrogen-bond donors (Lipinski definition) is 3. The third-order valence-corrected chi connectivity index (χ3v) is 2.56. The number of nitrogens with one attached hydrogen (secondary N) is 2. The van der Waals surface area contributed by atoms with Crippen LogP contribution < -0.4 is 5.32 Å². The van der Waals surface area contributed by atoms with Gasteiger partial charge in [0.15, 0.2) is 0 Å². The van der Waals surface area contributed by atoms with Gasteiger partial charge in [0.2, 0.25) is 0 Å². The second-order valence-electron chi connectivity index (χ2n) is 3.93. The van der Waals surface area contributed by atoms with Crippen LogP contribution in [0.3, 0.4) is 0 Å². The Balaban J connectivity index is 1.84. The van der Waals surface area contributed by atoms with Crippen LogP contribution in [0, 0.1) is 5.82 Å². The quantitative estimate of drug-likeness (QED) is 0.703. The first-order valence-corrected chi connectivity index (χ1v) is 5.78. The lowest BCUT2D eigenvalue weighted by Crippen LogP contribution is -2.25. The number of hydrogen-bond acceptors (Lipinski definition) is 4. The number of H-pyrrole nitrogens is 1. The van der Waals surface area contributed by atoms with E-state index in [0.717, 1.165) is 11.9 Å². The molecule has 0 saturated heterocycles. The maximum Gasteiger partial charge on any atom is 0.258 e. The fourth-order valence-corrected chi connectivity index (χ4v) is 1.63. The predicted molar refractivity (Wildman–Crippen MR) is 65.1 cm³/mol. The Morgan fingerprint density at radius 3 is 3.00 bits per heavy atom. The number of carbonyl (C=O) groups excluding carboxylic acids is 1. The maximum atomic E-state index is 13.4. The summed E-state index contributed by atoms with van der Waals surface area (Å²) in [6.45, 7) is 0.354. The molecule has 0 bridgehead atoms. The molecule has 0 radical (unpaired) electrons. The minimum Gasteiger partial charge on any atom is -0.507 e. The van der Waals surface area contributed by atoms with E-state index in [-0.39, 0.29) is 11.3 Å². The van der Waals surface area contributed by atoms with Gasteiger partial charge in [0.25, 0.3) is 5.91 Å². The van der Waals surface area contributed by atoms with Crippen LogP contribution in [0.25, 0.3) is 0 Å². The average Bonchev–Trinajstić information content (AvgIpc) is 2.87. The first-order chi connectivity index (χ1) is 9.18. The van der Waals surface area contributed by atoms with E-state index in [9.17, 15) is 14.3 Å². The number of phenolic OH excluding ortho intramolecular Hbond substituents is 1. The van der Waals surface area contributed by atoms with Crippen molar-refractivity contribution in [1.82, 2.24) is 20.5 Å². The lowest BCUT2D eigenvalue weighted by atomic mass is 10.1. The van der Waals surface area contributed by atoms with Gasteiger partial charge in [-0.3, -0.25) is 9.89 Å². The Kier molecular flexibility index (Phi) is 4.07. The molecule has 2 aromatic rings.